The van der Waals surface area contributed by atoms with Gasteiger partial charge >= 0.3 is 0 Å². The lowest BCUT2D eigenvalue weighted by Gasteiger charge is -2.23. The van der Waals surface area contributed by atoms with Crippen molar-refractivity contribution in [1.29, 1.82) is 0 Å². The summed E-state index contributed by atoms with van der Waals surface area (Å²) >= 11 is 0. The number of hydrogen-bond donors (Lipinski definition) is 2. The van der Waals surface area contributed by atoms with Crippen molar-refractivity contribution in [2.45, 2.75) is 32.4 Å². The molecule has 2 N–H and O–H groups in total. The van der Waals surface area contributed by atoms with E-state index in [1.165, 1.54) is 0 Å². The molecule has 0 aliphatic rings. The maximum atomic E-state index is 10.2. The van der Waals surface area contributed by atoms with E-state index in [9.17, 15) is 4.79 Å². The first kappa shape index (κ1) is 9.59. The lowest BCUT2D eigenvalue weighted by atomic mass is 10.1. The van der Waals surface area contributed by atoms with Crippen LogP contribution in [0, 0.1) is 0 Å². The number of nitrogens with one attached hydrogen (secondary N) is 1. The van der Waals surface area contributed by atoms with E-state index in [-0.39, 0.29) is 12.1 Å². The highest BCUT2D eigenvalue weighted by Crippen LogP contribution is 1.99. The lowest BCUT2D eigenvalue weighted by molar-refractivity contribution is -0.110. The van der Waals surface area contributed by atoms with Gasteiger partial charge < -0.3 is 15.2 Å². The third-order valence-corrected chi connectivity index (χ3v) is 0.979. The van der Waals surface area contributed by atoms with E-state index < -0.39 is 6.04 Å². The Morgan fingerprint density at radius 1 is 1.60 bits per heavy atom. The van der Waals surface area contributed by atoms with Crippen LogP contribution >= 0.6 is 0 Å². The maximum absolute atomic E-state index is 10.2. The molecule has 0 saturated carbocycles. The first-order valence-electron chi connectivity index (χ1n) is 3.33. The summed E-state index contributed by atoms with van der Waals surface area (Å²) in [5.74, 6) is 0. The number of carbonyl (C=O) groups excluding carboxylic acids is 1. The molecule has 0 rings (SSSR count). The van der Waals surface area contributed by atoms with Crippen LogP contribution in [0.1, 0.15) is 20.8 Å². The van der Waals surface area contributed by atoms with Crippen molar-refractivity contribution >= 4 is 6.29 Å². The minimum Gasteiger partial charge on any atom is -0.394 e. The topological polar surface area (TPSA) is 49.3 Å². The molecule has 0 unspecified atom stereocenters. The summed E-state index contributed by atoms with van der Waals surface area (Å²) in [4.78, 5) is 10.2. The Kier molecular flexibility index (Phi) is 3.53. The van der Waals surface area contributed by atoms with E-state index in [1.807, 2.05) is 20.8 Å². The molecule has 0 fully saturated rings. The lowest BCUT2D eigenvalue weighted by Crippen LogP contribution is -2.46. The van der Waals surface area contributed by atoms with E-state index in [0.717, 1.165) is 0 Å². The van der Waals surface area contributed by atoms with E-state index in [4.69, 9.17) is 5.11 Å². The number of hydrogen-bond acceptors (Lipinski definition) is 3. The minimum absolute atomic E-state index is 0.117. The van der Waals surface area contributed by atoms with Gasteiger partial charge in [-0.05, 0) is 20.8 Å². The summed E-state index contributed by atoms with van der Waals surface area (Å²) in [6.07, 6.45) is 0.714. The zero-order valence-corrected chi connectivity index (χ0v) is 6.72. The molecule has 0 amide bonds. The van der Waals surface area contributed by atoms with Gasteiger partial charge in [-0.25, -0.2) is 0 Å². The number of aliphatic hydroxyl groups is 1. The Balaban J connectivity index is 3.74. The van der Waals surface area contributed by atoms with Gasteiger partial charge in [-0.15, -0.1) is 0 Å². The van der Waals surface area contributed by atoms with Gasteiger partial charge in [-0.2, -0.15) is 0 Å². The number of aldehydes is 1. The van der Waals surface area contributed by atoms with Crippen LogP contribution in [0.2, 0.25) is 0 Å². The molecule has 0 aromatic carbocycles. The monoisotopic (exact) mass is 145 g/mol. The van der Waals surface area contributed by atoms with Crippen molar-refractivity contribution in [3.8, 4) is 0 Å². The Hall–Kier alpha value is -0.410. The minimum atomic E-state index is -0.431. The average Bonchev–Trinajstić information content (AvgIpc) is 1.81. The van der Waals surface area contributed by atoms with Gasteiger partial charge in [0.25, 0.3) is 0 Å². The van der Waals surface area contributed by atoms with E-state index in [1.54, 1.807) is 0 Å². The molecule has 3 heteroatoms. The summed E-state index contributed by atoms with van der Waals surface area (Å²) in [7, 11) is 0. The fraction of sp³-hybridized carbons (Fsp3) is 0.857. The van der Waals surface area contributed by atoms with Crippen molar-refractivity contribution in [3.63, 3.8) is 0 Å². The van der Waals surface area contributed by atoms with Gasteiger partial charge in [-0.3, -0.25) is 0 Å². The van der Waals surface area contributed by atoms with Gasteiger partial charge in [0.1, 0.15) is 6.29 Å². The molecule has 0 bridgehead atoms. The van der Waals surface area contributed by atoms with Crippen LogP contribution < -0.4 is 5.32 Å². The summed E-state index contributed by atoms with van der Waals surface area (Å²) in [6.45, 7) is 5.69. The van der Waals surface area contributed by atoms with Crippen LogP contribution in [-0.2, 0) is 4.79 Å². The van der Waals surface area contributed by atoms with E-state index >= 15 is 0 Å². The van der Waals surface area contributed by atoms with Gasteiger partial charge in [-0.1, -0.05) is 0 Å². The van der Waals surface area contributed by atoms with Crippen molar-refractivity contribution in [2.24, 2.45) is 0 Å². The second-order valence-electron chi connectivity index (χ2n) is 3.32. The maximum Gasteiger partial charge on any atom is 0.139 e. The van der Waals surface area contributed by atoms with Gasteiger partial charge in [0.2, 0.25) is 0 Å². The van der Waals surface area contributed by atoms with Gasteiger partial charge in [0, 0.05) is 5.54 Å². The number of carbonyl (C=O) groups is 1. The molecule has 0 aliphatic carbocycles. The van der Waals surface area contributed by atoms with Crippen LogP contribution in [0.5, 0.6) is 0 Å². The first-order valence-corrected chi connectivity index (χ1v) is 3.33. The second kappa shape index (κ2) is 3.68. The molecule has 0 aliphatic heterocycles. The van der Waals surface area contributed by atoms with Crippen LogP contribution in [0.4, 0.5) is 0 Å². The molecule has 0 aromatic heterocycles. The SMILES string of the molecule is CC(C)(C)N[C@@H](C=O)CO. The molecule has 0 saturated heterocycles. The average molecular weight is 145 g/mol. The number of aliphatic hydroxyl groups excluding tert-OH is 1. The Bertz CT molecular complexity index is 107. The zero-order chi connectivity index (χ0) is 8.20. The number of rotatable bonds is 3. The van der Waals surface area contributed by atoms with Crippen LogP contribution in [-0.4, -0.2) is 29.6 Å². The van der Waals surface area contributed by atoms with Crippen LogP contribution in [0.3, 0.4) is 0 Å². The largest absolute Gasteiger partial charge is 0.394 e. The highest BCUT2D eigenvalue weighted by Gasteiger charge is 2.14. The molecule has 10 heavy (non-hydrogen) atoms. The normalized spacial score (nSPS) is 14.8. The fourth-order valence-electron chi connectivity index (χ4n) is 0.679. The summed E-state index contributed by atoms with van der Waals surface area (Å²) in [5, 5.41) is 11.5. The first-order chi connectivity index (χ1) is 4.49. The highest BCUT2D eigenvalue weighted by molar-refractivity contribution is 5.57. The standard InChI is InChI=1S/C7H15NO2/c1-7(2,3)8-6(4-9)5-10/h4,6,8,10H,5H2,1-3H3/t6-/m0/s1. The van der Waals surface area contributed by atoms with Crippen LogP contribution in [0.25, 0.3) is 0 Å². The predicted octanol–water partition coefficient (Wildman–Crippen LogP) is -0.0657. The zero-order valence-electron chi connectivity index (χ0n) is 6.72. The van der Waals surface area contributed by atoms with Crippen molar-refractivity contribution in [1.82, 2.24) is 5.32 Å². The quantitative estimate of drug-likeness (QED) is 0.547. The highest BCUT2D eigenvalue weighted by atomic mass is 16.3. The van der Waals surface area contributed by atoms with Crippen molar-refractivity contribution in [3.05, 3.63) is 0 Å². The third-order valence-electron chi connectivity index (χ3n) is 0.979. The third kappa shape index (κ3) is 4.47. The Morgan fingerprint density at radius 3 is 2.20 bits per heavy atom. The molecule has 1 atom stereocenters. The molecule has 0 radical (unpaired) electrons. The molecular formula is C7H15NO2. The van der Waals surface area contributed by atoms with Crippen molar-refractivity contribution < 1.29 is 9.90 Å². The molecule has 0 aromatic rings. The predicted molar refractivity (Wildman–Crippen MR) is 39.8 cm³/mol. The van der Waals surface area contributed by atoms with Crippen LogP contribution in [0.15, 0.2) is 0 Å². The Morgan fingerprint density at radius 2 is 2.10 bits per heavy atom. The molecular weight excluding hydrogens is 130 g/mol. The van der Waals surface area contributed by atoms with E-state index in [0.29, 0.717) is 6.29 Å². The molecule has 0 spiro atoms. The smallest absolute Gasteiger partial charge is 0.139 e. The van der Waals surface area contributed by atoms with Crippen molar-refractivity contribution in [2.75, 3.05) is 6.61 Å². The fourth-order valence-corrected chi connectivity index (χ4v) is 0.679. The summed E-state index contributed by atoms with van der Waals surface area (Å²) < 4.78 is 0. The second-order valence-corrected chi connectivity index (χ2v) is 3.32. The Labute approximate surface area is 61.4 Å². The molecule has 3 nitrogen and oxygen atoms in total. The summed E-state index contributed by atoms with van der Waals surface area (Å²) in [6, 6.07) is -0.431. The molecule has 60 valence electrons. The summed E-state index contributed by atoms with van der Waals surface area (Å²) in [5.41, 5.74) is -0.117. The van der Waals surface area contributed by atoms with Gasteiger partial charge in [0.05, 0.1) is 12.6 Å². The van der Waals surface area contributed by atoms with E-state index in [2.05, 4.69) is 5.32 Å². The van der Waals surface area contributed by atoms with Gasteiger partial charge in [0.15, 0.2) is 0 Å². The molecule has 0 heterocycles.